The van der Waals surface area contributed by atoms with Gasteiger partial charge in [-0.3, -0.25) is 4.79 Å². The number of benzene rings is 2. The molecule has 0 bridgehead atoms. The van der Waals surface area contributed by atoms with Crippen LogP contribution in [0.3, 0.4) is 0 Å². The van der Waals surface area contributed by atoms with Crippen LogP contribution in [0.5, 0.6) is 5.75 Å². The Labute approximate surface area is 112 Å². The lowest BCUT2D eigenvalue weighted by molar-refractivity contribution is 0.104. The quantitative estimate of drug-likeness (QED) is 0.517. The first-order valence-corrected chi connectivity index (χ1v) is 5.91. The van der Waals surface area contributed by atoms with Crippen LogP contribution in [-0.2, 0) is 0 Å². The van der Waals surface area contributed by atoms with E-state index in [9.17, 15) is 4.79 Å². The van der Waals surface area contributed by atoms with Gasteiger partial charge in [-0.1, -0.05) is 36.4 Å². The van der Waals surface area contributed by atoms with Crippen LogP contribution in [0.15, 0.2) is 54.6 Å². The molecule has 0 radical (unpaired) electrons. The molecule has 0 spiro atoms. The Balaban J connectivity index is 2.25. The van der Waals surface area contributed by atoms with Gasteiger partial charge in [0.2, 0.25) is 0 Å². The number of carbonyl (C=O) groups is 1. The predicted octanol–water partition coefficient (Wildman–Crippen LogP) is 3.17. The van der Waals surface area contributed by atoms with Gasteiger partial charge in [-0.2, -0.15) is 0 Å². The standard InChI is InChI=1S/C16H15NO2/c1-19-16-10-8-13(17)11-14(16)15(18)9-7-12-5-3-2-4-6-12/h2-11H,17H2,1H3/b9-7+. The summed E-state index contributed by atoms with van der Waals surface area (Å²) < 4.78 is 5.16. The van der Waals surface area contributed by atoms with Crippen molar-refractivity contribution < 1.29 is 9.53 Å². The zero-order valence-corrected chi connectivity index (χ0v) is 10.7. The van der Waals surface area contributed by atoms with Crippen LogP contribution in [0.4, 0.5) is 5.69 Å². The molecule has 0 aromatic heterocycles. The van der Waals surface area contributed by atoms with E-state index < -0.39 is 0 Å². The van der Waals surface area contributed by atoms with Gasteiger partial charge in [0, 0.05) is 5.69 Å². The molecule has 96 valence electrons. The maximum Gasteiger partial charge on any atom is 0.189 e. The van der Waals surface area contributed by atoms with E-state index in [-0.39, 0.29) is 5.78 Å². The van der Waals surface area contributed by atoms with Crippen LogP contribution < -0.4 is 10.5 Å². The van der Waals surface area contributed by atoms with E-state index in [1.807, 2.05) is 30.3 Å². The molecule has 0 aliphatic heterocycles. The zero-order valence-electron chi connectivity index (χ0n) is 10.7. The fraction of sp³-hybridized carbons (Fsp3) is 0.0625. The van der Waals surface area contributed by atoms with E-state index in [0.717, 1.165) is 5.56 Å². The first-order chi connectivity index (χ1) is 9.20. The van der Waals surface area contributed by atoms with Crippen molar-refractivity contribution in [2.24, 2.45) is 0 Å². The van der Waals surface area contributed by atoms with Gasteiger partial charge in [-0.25, -0.2) is 0 Å². The van der Waals surface area contributed by atoms with Gasteiger partial charge in [-0.05, 0) is 29.8 Å². The molecule has 2 rings (SSSR count). The molecule has 0 saturated heterocycles. The summed E-state index contributed by atoms with van der Waals surface area (Å²) in [6, 6.07) is 14.7. The molecule has 0 aliphatic rings. The molecule has 19 heavy (non-hydrogen) atoms. The van der Waals surface area contributed by atoms with Crippen molar-refractivity contribution in [3.05, 3.63) is 65.7 Å². The van der Waals surface area contributed by atoms with Crippen LogP contribution in [0.2, 0.25) is 0 Å². The summed E-state index contributed by atoms with van der Waals surface area (Å²) in [5.74, 6) is 0.393. The van der Waals surface area contributed by atoms with Gasteiger partial charge >= 0.3 is 0 Å². The highest BCUT2D eigenvalue weighted by Gasteiger charge is 2.09. The van der Waals surface area contributed by atoms with Gasteiger partial charge in [-0.15, -0.1) is 0 Å². The third-order valence-corrected chi connectivity index (χ3v) is 2.72. The molecule has 0 saturated carbocycles. The molecule has 0 aliphatic carbocycles. The number of anilines is 1. The Morgan fingerprint density at radius 3 is 2.58 bits per heavy atom. The van der Waals surface area contributed by atoms with Crippen molar-refractivity contribution in [2.75, 3.05) is 12.8 Å². The Hall–Kier alpha value is -2.55. The SMILES string of the molecule is COc1ccc(N)cc1C(=O)/C=C/c1ccccc1. The zero-order chi connectivity index (χ0) is 13.7. The highest BCUT2D eigenvalue weighted by molar-refractivity contribution is 6.09. The number of nitrogen functional groups attached to an aromatic ring is 1. The summed E-state index contributed by atoms with van der Waals surface area (Å²) in [4.78, 5) is 12.1. The van der Waals surface area contributed by atoms with E-state index in [0.29, 0.717) is 17.0 Å². The highest BCUT2D eigenvalue weighted by atomic mass is 16.5. The number of ketones is 1. The Morgan fingerprint density at radius 1 is 1.16 bits per heavy atom. The van der Waals surface area contributed by atoms with Gasteiger partial charge < -0.3 is 10.5 Å². The average molecular weight is 253 g/mol. The lowest BCUT2D eigenvalue weighted by Gasteiger charge is -2.06. The molecule has 2 N–H and O–H groups in total. The Morgan fingerprint density at radius 2 is 1.89 bits per heavy atom. The maximum absolute atomic E-state index is 12.1. The number of hydrogen-bond donors (Lipinski definition) is 1. The molecule has 0 amide bonds. The highest BCUT2D eigenvalue weighted by Crippen LogP contribution is 2.22. The monoisotopic (exact) mass is 253 g/mol. The fourth-order valence-electron chi connectivity index (χ4n) is 1.74. The minimum atomic E-state index is -0.131. The molecular weight excluding hydrogens is 238 g/mol. The number of hydrogen-bond acceptors (Lipinski definition) is 3. The minimum Gasteiger partial charge on any atom is -0.496 e. The van der Waals surface area contributed by atoms with Crippen LogP contribution in [0.25, 0.3) is 6.08 Å². The second-order valence-electron chi connectivity index (χ2n) is 4.07. The average Bonchev–Trinajstić information content (AvgIpc) is 2.46. The first-order valence-electron chi connectivity index (χ1n) is 5.91. The van der Waals surface area contributed by atoms with E-state index in [1.54, 1.807) is 24.3 Å². The number of carbonyl (C=O) groups excluding carboxylic acids is 1. The van der Waals surface area contributed by atoms with Gasteiger partial charge in [0.15, 0.2) is 5.78 Å². The first kappa shape index (κ1) is 12.9. The van der Waals surface area contributed by atoms with Crippen LogP contribution in [0, 0.1) is 0 Å². The van der Waals surface area contributed by atoms with E-state index >= 15 is 0 Å². The second-order valence-corrected chi connectivity index (χ2v) is 4.07. The number of rotatable bonds is 4. The molecule has 2 aromatic rings. The third-order valence-electron chi connectivity index (χ3n) is 2.72. The number of methoxy groups -OCH3 is 1. The predicted molar refractivity (Wildman–Crippen MR) is 77.2 cm³/mol. The molecular formula is C16H15NO2. The van der Waals surface area contributed by atoms with Crippen molar-refractivity contribution in [3.8, 4) is 5.75 Å². The summed E-state index contributed by atoms with van der Waals surface area (Å²) in [5.41, 5.74) is 7.67. The largest absolute Gasteiger partial charge is 0.496 e. The topological polar surface area (TPSA) is 52.3 Å². The van der Waals surface area contributed by atoms with E-state index in [2.05, 4.69) is 0 Å². The molecule has 0 fully saturated rings. The van der Waals surface area contributed by atoms with Crippen molar-refractivity contribution in [1.82, 2.24) is 0 Å². The molecule has 3 heteroatoms. The van der Waals surface area contributed by atoms with Crippen molar-refractivity contribution in [1.29, 1.82) is 0 Å². The molecule has 0 unspecified atom stereocenters. The van der Waals surface area contributed by atoms with Gasteiger partial charge in [0.25, 0.3) is 0 Å². The van der Waals surface area contributed by atoms with Crippen molar-refractivity contribution >= 4 is 17.5 Å². The Bertz CT molecular complexity index is 603. The van der Waals surface area contributed by atoms with E-state index in [1.165, 1.54) is 13.2 Å². The molecule has 0 heterocycles. The second kappa shape index (κ2) is 5.87. The van der Waals surface area contributed by atoms with Crippen LogP contribution in [0.1, 0.15) is 15.9 Å². The summed E-state index contributed by atoms with van der Waals surface area (Å²) in [6.07, 6.45) is 3.29. The lowest BCUT2D eigenvalue weighted by atomic mass is 10.1. The van der Waals surface area contributed by atoms with Crippen LogP contribution >= 0.6 is 0 Å². The number of nitrogens with two attached hydrogens (primary N) is 1. The summed E-state index contributed by atoms with van der Waals surface area (Å²) in [6.45, 7) is 0. The minimum absolute atomic E-state index is 0.131. The molecule has 3 nitrogen and oxygen atoms in total. The molecule has 2 aromatic carbocycles. The lowest BCUT2D eigenvalue weighted by Crippen LogP contribution is -2.00. The molecule has 0 atom stereocenters. The number of ether oxygens (including phenoxy) is 1. The van der Waals surface area contributed by atoms with Crippen molar-refractivity contribution in [3.63, 3.8) is 0 Å². The Kier molecular flexibility index (Phi) is 3.98. The van der Waals surface area contributed by atoms with Gasteiger partial charge in [0.05, 0.1) is 12.7 Å². The fourth-order valence-corrected chi connectivity index (χ4v) is 1.74. The summed E-state index contributed by atoms with van der Waals surface area (Å²) >= 11 is 0. The summed E-state index contributed by atoms with van der Waals surface area (Å²) in [7, 11) is 1.53. The summed E-state index contributed by atoms with van der Waals surface area (Å²) in [5, 5.41) is 0. The van der Waals surface area contributed by atoms with Crippen molar-refractivity contribution in [2.45, 2.75) is 0 Å². The normalized spacial score (nSPS) is 10.6. The third kappa shape index (κ3) is 3.22. The number of allylic oxidation sites excluding steroid dienone is 1. The van der Waals surface area contributed by atoms with Crippen LogP contribution in [-0.4, -0.2) is 12.9 Å². The maximum atomic E-state index is 12.1. The smallest absolute Gasteiger partial charge is 0.189 e. The van der Waals surface area contributed by atoms with Gasteiger partial charge in [0.1, 0.15) is 5.75 Å². The van der Waals surface area contributed by atoms with E-state index in [4.69, 9.17) is 10.5 Å².